The van der Waals surface area contributed by atoms with E-state index in [1.807, 2.05) is 42.5 Å². The van der Waals surface area contributed by atoms with Gasteiger partial charge in [-0.05, 0) is 46.3 Å². The molecule has 0 aliphatic heterocycles. The van der Waals surface area contributed by atoms with E-state index in [1.54, 1.807) is 14.1 Å². The molecule has 2 heterocycles. The molecule has 41 heavy (non-hydrogen) atoms. The number of amides is 2. The molecule has 7 nitrogen and oxygen atoms in total. The summed E-state index contributed by atoms with van der Waals surface area (Å²) in [5.41, 5.74) is 1.34. The van der Waals surface area contributed by atoms with Gasteiger partial charge in [-0.1, -0.05) is 30.3 Å². The number of pyridine rings is 1. The highest BCUT2D eigenvalue weighted by Gasteiger charge is 2.34. The van der Waals surface area contributed by atoms with Crippen LogP contribution in [-0.4, -0.2) is 53.8 Å². The molecule has 0 aliphatic rings. The third kappa shape index (κ3) is 8.08. The van der Waals surface area contributed by atoms with E-state index >= 15 is 0 Å². The molecule has 2 aromatic heterocycles. The van der Waals surface area contributed by atoms with Gasteiger partial charge < -0.3 is 10.2 Å². The first-order valence-corrected chi connectivity index (χ1v) is 14.8. The number of rotatable bonds is 10. The van der Waals surface area contributed by atoms with E-state index in [0.717, 1.165) is 25.8 Å². The van der Waals surface area contributed by atoms with Crippen molar-refractivity contribution in [3.8, 4) is 0 Å². The first-order valence-electron chi connectivity index (χ1n) is 12.2. The molecule has 0 saturated carbocycles. The van der Waals surface area contributed by atoms with Crippen LogP contribution in [-0.2, 0) is 11.0 Å². The largest absolute Gasteiger partial charge is 0.418 e. The minimum absolute atomic E-state index is 0.00616. The molecule has 0 radical (unpaired) electrons. The molecule has 0 fully saturated rings. The van der Waals surface area contributed by atoms with Crippen molar-refractivity contribution in [2.75, 3.05) is 25.2 Å². The Bertz CT molecular complexity index is 1560. The number of thioether (sulfide) groups is 1. The van der Waals surface area contributed by atoms with Crippen molar-refractivity contribution in [1.82, 2.24) is 15.3 Å². The van der Waals surface area contributed by atoms with Crippen molar-refractivity contribution in [2.45, 2.75) is 23.5 Å². The fourth-order valence-corrected chi connectivity index (χ4v) is 6.09. The number of hydrogen-bond acceptors (Lipinski definition) is 7. The second kappa shape index (κ2) is 13.5. The molecule has 2 aromatic carbocycles. The number of hydrazone groups is 1. The molecule has 2 amide bonds. The van der Waals surface area contributed by atoms with Gasteiger partial charge in [0, 0.05) is 53.7 Å². The third-order valence-corrected chi connectivity index (χ3v) is 8.59. The van der Waals surface area contributed by atoms with Gasteiger partial charge in [0.1, 0.15) is 0 Å². The van der Waals surface area contributed by atoms with Crippen molar-refractivity contribution in [1.29, 1.82) is 0 Å². The quantitative estimate of drug-likeness (QED) is 0.110. The molecule has 0 aliphatic carbocycles. The van der Waals surface area contributed by atoms with Crippen molar-refractivity contribution in [2.24, 2.45) is 5.10 Å². The number of para-hydroxylation sites is 1. The average molecular weight is 665 g/mol. The van der Waals surface area contributed by atoms with Crippen molar-refractivity contribution in [3.05, 3.63) is 86.7 Å². The Morgan fingerprint density at radius 1 is 1.12 bits per heavy atom. The Labute approximate surface area is 251 Å². The molecule has 13 heteroatoms. The number of benzene rings is 2. The van der Waals surface area contributed by atoms with Gasteiger partial charge in [-0.15, -0.1) is 23.1 Å². The smallest absolute Gasteiger partial charge is 0.380 e. The van der Waals surface area contributed by atoms with E-state index in [-0.39, 0.29) is 34.5 Å². The summed E-state index contributed by atoms with van der Waals surface area (Å²) in [6, 6.07) is 16.3. The van der Waals surface area contributed by atoms with Crippen LogP contribution >= 0.6 is 39.0 Å². The normalized spacial score (nSPS) is 12.4. The Hall–Kier alpha value is -3.42. The molecule has 2 N–H and O–H groups in total. The summed E-state index contributed by atoms with van der Waals surface area (Å²) in [6.07, 6.45) is -2.05. The molecule has 4 rings (SSSR count). The number of hydrogen-bond donors (Lipinski definition) is 2. The first kappa shape index (κ1) is 30.5. The molecule has 0 unspecified atom stereocenters. The summed E-state index contributed by atoms with van der Waals surface area (Å²) in [7, 11) is 3.26. The van der Waals surface area contributed by atoms with Gasteiger partial charge in [-0.2, -0.15) is 18.3 Å². The number of anilines is 1. The maximum Gasteiger partial charge on any atom is 0.418 e. The van der Waals surface area contributed by atoms with E-state index in [4.69, 9.17) is 0 Å². The topological polar surface area (TPSA) is 86.7 Å². The monoisotopic (exact) mass is 663 g/mol. The lowest BCUT2D eigenvalue weighted by Crippen LogP contribution is -2.33. The van der Waals surface area contributed by atoms with Gasteiger partial charge in [-0.25, -0.2) is 5.43 Å². The number of thiophene rings is 1. The highest BCUT2D eigenvalue weighted by Crippen LogP contribution is 2.37. The Balaban J connectivity index is 1.73. The minimum Gasteiger partial charge on any atom is -0.380 e. The van der Waals surface area contributed by atoms with Crippen LogP contribution < -0.4 is 10.7 Å². The van der Waals surface area contributed by atoms with Crippen molar-refractivity contribution >= 4 is 73.6 Å². The first-order chi connectivity index (χ1) is 19.5. The number of carbonyl (C=O) groups excluding carboxylic acids is 2. The number of alkyl halides is 3. The van der Waals surface area contributed by atoms with Gasteiger partial charge in [0.05, 0.1) is 32.3 Å². The average Bonchev–Trinajstić information content (AvgIpc) is 3.36. The maximum absolute atomic E-state index is 13.9. The SMILES string of the molecule is CN(C)C(=O)C[C@H](CSc1ccccc1)Nc1c(C(=O)N/N=C/c2ccc(Br)s2)cnc2c(C(F)(F)F)cccc12. The number of nitrogens with one attached hydrogen (secondary N) is 2. The fourth-order valence-electron chi connectivity index (χ4n) is 3.85. The van der Waals surface area contributed by atoms with Crippen LogP contribution in [0.4, 0.5) is 18.9 Å². The number of halogens is 4. The van der Waals surface area contributed by atoms with E-state index in [9.17, 15) is 22.8 Å². The lowest BCUT2D eigenvalue weighted by atomic mass is 10.0. The molecule has 0 spiro atoms. The summed E-state index contributed by atoms with van der Waals surface area (Å²) < 4.78 is 42.5. The van der Waals surface area contributed by atoms with E-state index in [2.05, 4.69) is 36.8 Å². The van der Waals surface area contributed by atoms with E-state index in [1.165, 1.54) is 46.3 Å². The predicted molar refractivity (Wildman–Crippen MR) is 162 cm³/mol. The van der Waals surface area contributed by atoms with Crippen LogP contribution in [0.3, 0.4) is 0 Å². The lowest BCUT2D eigenvalue weighted by Gasteiger charge is -2.24. The Morgan fingerprint density at radius 3 is 2.54 bits per heavy atom. The minimum atomic E-state index is -4.66. The number of carbonyl (C=O) groups is 2. The number of nitrogens with zero attached hydrogens (tertiary/aromatic N) is 3. The summed E-state index contributed by atoms with van der Waals surface area (Å²) in [6.45, 7) is 0. The van der Waals surface area contributed by atoms with Crippen LogP contribution in [0.5, 0.6) is 0 Å². The highest BCUT2D eigenvalue weighted by atomic mass is 79.9. The van der Waals surface area contributed by atoms with Crippen LogP contribution in [0.15, 0.2) is 80.6 Å². The predicted octanol–water partition coefficient (Wildman–Crippen LogP) is 6.89. The molecule has 4 aromatic rings. The lowest BCUT2D eigenvalue weighted by molar-refractivity contribution is -0.136. The third-order valence-electron chi connectivity index (χ3n) is 5.86. The molecular formula is C28H25BrF3N5O2S2. The maximum atomic E-state index is 13.9. The molecule has 1 atom stereocenters. The summed E-state index contributed by atoms with van der Waals surface area (Å²) >= 11 is 6.26. The van der Waals surface area contributed by atoms with Crippen LogP contribution in [0, 0.1) is 0 Å². The molecule has 0 bridgehead atoms. The second-order valence-electron chi connectivity index (χ2n) is 9.04. The van der Waals surface area contributed by atoms with Crippen molar-refractivity contribution < 1.29 is 22.8 Å². The van der Waals surface area contributed by atoms with E-state index in [0.29, 0.717) is 5.75 Å². The fraction of sp³-hybridized carbons (Fsp3) is 0.214. The Morgan fingerprint density at radius 2 is 1.88 bits per heavy atom. The van der Waals surface area contributed by atoms with Crippen LogP contribution in [0.2, 0.25) is 0 Å². The number of aromatic nitrogens is 1. The number of fused-ring (bicyclic) bond motifs is 1. The van der Waals surface area contributed by atoms with Gasteiger partial charge in [0.2, 0.25) is 5.91 Å². The van der Waals surface area contributed by atoms with Gasteiger partial charge in [0.15, 0.2) is 0 Å². The molecular weight excluding hydrogens is 639 g/mol. The zero-order chi connectivity index (χ0) is 29.6. The van der Waals surface area contributed by atoms with Crippen LogP contribution in [0.25, 0.3) is 10.9 Å². The zero-order valence-corrected chi connectivity index (χ0v) is 25.1. The van der Waals surface area contributed by atoms with Crippen molar-refractivity contribution in [3.63, 3.8) is 0 Å². The van der Waals surface area contributed by atoms with Gasteiger partial charge >= 0.3 is 6.18 Å². The zero-order valence-electron chi connectivity index (χ0n) is 21.9. The molecule has 0 saturated heterocycles. The second-order valence-corrected chi connectivity index (χ2v) is 12.6. The standard InChI is InChI=1S/C28H25BrF3N5O2S2/c1-37(2)24(38)13-17(16-40-18-7-4-3-5-8-18)35-25-20-9-6-10-22(28(30,31)32)26(20)33-15-21(25)27(39)36-34-14-19-11-12-23(29)41-19/h3-12,14-15,17H,13,16H2,1-2H3,(H,33,35)(H,36,39)/b34-14+/t17-/m1/s1. The summed E-state index contributed by atoms with van der Waals surface area (Å²) in [4.78, 5) is 33.2. The molecule has 214 valence electrons. The summed E-state index contributed by atoms with van der Waals surface area (Å²) in [5.74, 6) is -0.443. The van der Waals surface area contributed by atoms with Gasteiger partial charge in [0.25, 0.3) is 5.91 Å². The Kier molecular flexibility index (Phi) is 10.1. The van der Waals surface area contributed by atoms with Crippen LogP contribution in [0.1, 0.15) is 27.2 Å². The highest BCUT2D eigenvalue weighted by molar-refractivity contribution is 9.11. The van der Waals surface area contributed by atoms with Gasteiger partial charge in [-0.3, -0.25) is 14.6 Å². The van der Waals surface area contributed by atoms with E-state index < -0.39 is 23.7 Å². The summed E-state index contributed by atoms with van der Waals surface area (Å²) in [5, 5.41) is 7.33.